The van der Waals surface area contributed by atoms with Crippen LogP contribution in [-0.2, 0) is 9.59 Å². The van der Waals surface area contributed by atoms with E-state index in [-0.39, 0.29) is 22.6 Å². The van der Waals surface area contributed by atoms with E-state index in [0.717, 1.165) is 0 Å². The van der Waals surface area contributed by atoms with Crippen LogP contribution in [0.1, 0.15) is 12.5 Å². The minimum absolute atomic E-state index is 0.0662. The molecular weight excluding hydrogens is 367 g/mol. The molecule has 0 radical (unpaired) electrons. The summed E-state index contributed by atoms with van der Waals surface area (Å²) >= 11 is -0.202. The fraction of sp³-hybridized carbons (Fsp3) is 0.111. The maximum absolute atomic E-state index is 12.3. The number of alkyl halides is 3. The molecule has 0 unspecified atom stereocenters. The average Bonchev–Trinajstić information content (AvgIpc) is 2.54. The van der Waals surface area contributed by atoms with E-state index in [1.165, 1.54) is 55.5 Å². The van der Waals surface area contributed by atoms with Gasteiger partial charge in [0.25, 0.3) is 0 Å². The summed E-state index contributed by atoms with van der Waals surface area (Å²) in [6.07, 6.45) is 2.61. The van der Waals surface area contributed by atoms with Crippen LogP contribution in [0.5, 0.6) is 5.75 Å². The number of carbonyl (C=O) groups excluding carboxylic acids is 2. The number of anilines is 1. The quantitative estimate of drug-likeness (QED) is 0.347. The van der Waals surface area contributed by atoms with Gasteiger partial charge in [0.15, 0.2) is 0 Å². The Morgan fingerprint density at radius 3 is 2.19 bits per heavy atom. The molecule has 0 fully saturated rings. The number of esters is 1. The average molecular weight is 381 g/mol. The van der Waals surface area contributed by atoms with E-state index in [1.807, 2.05) is 0 Å². The lowest BCUT2D eigenvalue weighted by Crippen LogP contribution is -2.06. The maximum atomic E-state index is 12.3. The second-order valence-corrected chi connectivity index (χ2v) is 6.22. The summed E-state index contributed by atoms with van der Waals surface area (Å²) in [5.41, 5.74) is -3.20. The Morgan fingerprint density at radius 1 is 1.04 bits per heavy atom. The molecule has 1 N–H and O–H groups in total. The fourth-order valence-corrected chi connectivity index (χ4v) is 2.44. The van der Waals surface area contributed by atoms with Crippen LogP contribution in [0.2, 0.25) is 0 Å². The van der Waals surface area contributed by atoms with Gasteiger partial charge in [0.1, 0.15) is 5.75 Å². The van der Waals surface area contributed by atoms with Crippen LogP contribution in [0, 0.1) is 0 Å². The van der Waals surface area contributed by atoms with Gasteiger partial charge in [-0.2, -0.15) is 13.2 Å². The number of benzene rings is 2. The standard InChI is InChI=1S/C18H14F3NO3S/c1-12(23)22-14-5-7-15(8-6-14)25-17(24)11-4-13-2-9-16(10-3-13)26-18(19,20)21/h2-11H,1H3,(H,22,23)/b11-4+. The molecule has 2 aromatic rings. The monoisotopic (exact) mass is 381 g/mol. The highest BCUT2D eigenvalue weighted by Crippen LogP contribution is 2.36. The minimum atomic E-state index is -4.34. The number of ether oxygens (including phenoxy) is 1. The third kappa shape index (κ3) is 7.02. The summed E-state index contributed by atoms with van der Waals surface area (Å²) in [5.74, 6) is -0.547. The van der Waals surface area contributed by atoms with E-state index in [2.05, 4.69) is 5.32 Å². The lowest BCUT2D eigenvalue weighted by Gasteiger charge is -2.05. The molecule has 0 heterocycles. The van der Waals surface area contributed by atoms with Gasteiger partial charge >= 0.3 is 11.5 Å². The molecule has 0 spiro atoms. The third-order valence-corrected chi connectivity index (χ3v) is 3.66. The van der Waals surface area contributed by atoms with Crippen LogP contribution in [0.3, 0.4) is 0 Å². The summed E-state index contributed by atoms with van der Waals surface area (Å²) < 4.78 is 41.9. The van der Waals surface area contributed by atoms with Crippen molar-refractivity contribution in [2.75, 3.05) is 5.32 Å². The van der Waals surface area contributed by atoms with Crippen molar-refractivity contribution in [3.05, 3.63) is 60.2 Å². The summed E-state index contributed by atoms with van der Waals surface area (Å²) in [5, 5.41) is 2.59. The highest BCUT2D eigenvalue weighted by atomic mass is 32.2. The highest BCUT2D eigenvalue weighted by molar-refractivity contribution is 8.00. The molecular formula is C18H14F3NO3S. The van der Waals surface area contributed by atoms with Crippen LogP contribution in [0.25, 0.3) is 6.08 Å². The first kappa shape index (κ1) is 19.6. The van der Waals surface area contributed by atoms with Crippen molar-refractivity contribution >= 4 is 35.4 Å². The van der Waals surface area contributed by atoms with Crippen LogP contribution in [0.15, 0.2) is 59.5 Å². The molecule has 0 aliphatic carbocycles. The summed E-state index contributed by atoms with van der Waals surface area (Å²) in [6, 6.07) is 11.8. The maximum Gasteiger partial charge on any atom is 0.446 e. The van der Waals surface area contributed by atoms with Crippen molar-refractivity contribution in [2.45, 2.75) is 17.3 Å². The van der Waals surface area contributed by atoms with E-state index >= 15 is 0 Å². The van der Waals surface area contributed by atoms with Gasteiger partial charge < -0.3 is 10.1 Å². The van der Waals surface area contributed by atoms with Gasteiger partial charge in [-0.05, 0) is 59.8 Å². The number of thioether (sulfide) groups is 1. The molecule has 0 saturated heterocycles. The molecule has 136 valence electrons. The third-order valence-electron chi connectivity index (χ3n) is 2.92. The Bertz CT molecular complexity index is 800. The topological polar surface area (TPSA) is 55.4 Å². The number of rotatable bonds is 5. The Kier molecular flexibility index (Phi) is 6.46. The second-order valence-electron chi connectivity index (χ2n) is 5.08. The van der Waals surface area contributed by atoms with Crippen molar-refractivity contribution in [2.24, 2.45) is 0 Å². The van der Waals surface area contributed by atoms with Gasteiger partial charge in [-0.1, -0.05) is 12.1 Å². The minimum Gasteiger partial charge on any atom is -0.423 e. The number of hydrogen-bond donors (Lipinski definition) is 1. The van der Waals surface area contributed by atoms with Crippen LogP contribution < -0.4 is 10.1 Å². The summed E-state index contributed by atoms with van der Waals surface area (Å²) in [6.45, 7) is 1.38. The number of carbonyl (C=O) groups is 2. The Morgan fingerprint density at radius 2 is 1.65 bits per heavy atom. The molecule has 0 aliphatic rings. The van der Waals surface area contributed by atoms with Crippen molar-refractivity contribution in [3.63, 3.8) is 0 Å². The molecule has 2 aromatic carbocycles. The molecule has 0 atom stereocenters. The lowest BCUT2D eigenvalue weighted by atomic mass is 10.2. The first-order valence-corrected chi connectivity index (χ1v) is 8.16. The second kappa shape index (κ2) is 8.57. The molecule has 0 saturated carbocycles. The van der Waals surface area contributed by atoms with E-state index in [0.29, 0.717) is 17.0 Å². The van der Waals surface area contributed by atoms with Crippen molar-refractivity contribution < 1.29 is 27.5 Å². The van der Waals surface area contributed by atoms with Crippen LogP contribution >= 0.6 is 11.8 Å². The molecule has 8 heteroatoms. The summed E-state index contributed by atoms with van der Waals surface area (Å²) in [4.78, 5) is 22.8. The molecule has 0 aromatic heterocycles. The fourth-order valence-electron chi connectivity index (χ4n) is 1.90. The Labute approximate surface area is 152 Å². The zero-order chi connectivity index (χ0) is 19.2. The van der Waals surface area contributed by atoms with Crippen LogP contribution in [-0.4, -0.2) is 17.4 Å². The van der Waals surface area contributed by atoms with Crippen molar-refractivity contribution in [1.82, 2.24) is 0 Å². The molecule has 26 heavy (non-hydrogen) atoms. The molecule has 0 bridgehead atoms. The normalized spacial score (nSPS) is 11.4. The SMILES string of the molecule is CC(=O)Nc1ccc(OC(=O)/C=C/c2ccc(SC(F)(F)F)cc2)cc1. The number of amides is 1. The van der Waals surface area contributed by atoms with E-state index in [9.17, 15) is 22.8 Å². The van der Waals surface area contributed by atoms with Gasteiger partial charge in [0.05, 0.1) is 0 Å². The van der Waals surface area contributed by atoms with Gasteiger partial charge in [0.2, 0.25) is 5.91 Å². The number of hydrogen-bond acceptors (Lipinski definition) is 4. The first-order valence-electron chi connectivity index (χ1n) is 7.35. The van der Waals surface area contributed by atoms with Gasteiger partial charge in [-0.25, -0.2) is 4.79 Å². The van der Waals surface area contributed by atoms with E-state index in [4.69, 9.17) is 4.74 Å². The predicted octanol–water partition coefficient (Wildman–Crippen LogP) is 4.88. The smallest absolute Gasteiger partial charge is 0.423 e. The van der Waals surface area contributed by atoms with Gasteiger partial charge in [-0.3, -0.25) is 4.79 Å². The van der Waals surface area contributed by atoms with E-state index < -0.39 is 11.5 Å². The zero-order valence-corrected chi connectivity index (χ0v) is 14.4. The zero-order valence-electron chi connectivity index (χ0n) is 13.5. The molecule has 1 amide bonds. The van der Waals surface area contributed by atoms with E-state index in [1.54, 1.807) is 12.1 Å². The number of halogens is 3. The highest BCUT2D eigenvalue weighted by Gasteiger charge is 2.28. The Hall–Kier alpha value is -2.74. The molecule has 2 rings (SSSR count). The summed E-state index contributed by atoms with van der Waals surface area (Å²) in [7, 11) is 0. The van der Waals surface area contributed by atoms with Crippen molar-refractivity contribution in [3.8, 4) is 5.75 Å². The predicted molar refractivity (Wildman–Crippen MR) is 93.8 cm³/mol. The van der Waals surface area contributed by atoms with Crippen molar-refractivity contribution in [1.29, 1.82) is 0 Å². The van der Waals surface area contributed by atoms with Gasteiger partial charge in [-0.15, -0.1) is 0 Å². The Balaban J connectivity index is 1.91. The lowest BCUT2D eigenvalue weighted by molar-refractivity contribution is -0.128. The molecule has 0 aliphatic heterocycles. The van der Waals surface area contributed by atoms with Crippen LogP contribution in [0.4, 0.5) is 18.9 Å². The van der Waals surface area contributed by atoms with Gasteiger partial charge in [0, 0.05) is 23.6 Å². The molecule has 4 nitrogen and oxygen atoms in total. The number of nitrogens with one attached hydrogen (secondary N) is 1. The largest absolute Gasteiger partial charge is 0.446 e. The first-order chi connectivity index (χ1) is 12.2.